The lowest BCUT2D eigenvalue weighted by molar-refractivity contribution is -0.125. The van der Waals surface area contributed by atoms with Gasteiger partial charge >= 0.3 is 0 Å². The molecule has 0 aromatic rings. The Kier molecular flexibility index (Phi) is 10.1. The monoisotopic (exact) mass is 314 g/mol. The van der Waals surface area contributed by atoms with Crippen LogP contribution in [0.25, 0.3) is 0 Å². The van der Waals surface area contributed by atoms with Crippen LogP contribution in [0, 0.1) is 0 Å². The summed E-state index contributed by atoms with van der Waals surface area (Å²) in [4.78, 5) is 30.4. The van der Waals surface area contributed by atoms with Gasteiger partial charge in [0, 0.05) is 13.1 Å². The molecule has 0 saturated heterocycles. The average molecular weight is 314 g/mol. The number of hydrogen-bond acceptors (Lipinski definition) is 5. The molecule has 0 spiro atoms. The van der Waals surface area contributed by atoms with E-state index in [2.05, 4.69) is 15.3 Å². The molecule has 0 heterocycles. The highest BCUT2D eigenvalue weighted by Crippen LogP contribution is 1.99. The van der Waals surface area contributed by atoms with E-state index in [1.165, 1.54) is 0 Å². The number of guanidine groups is 2. The smallest absolute Gasteiger partial charge is 0.237 e. The van der Waals surface area contributed by atoms with Crippen LogP contribution >= 0.6 is 0 Å². The Hall–Kier alpha value is -2.36. The molecule has 22 heavy (non-hydrogen) atoms. The minimum Gasteiger partial charge on any atom is -0.370 e. The van der Waals surface area contributed by atoms with Gasteiger partial charge in [0.1, 0.15) is 6.29 Å². The van der Waals surface area contributed by atoms with Gasteiger partial charge in [0.2, 0.25) is 5.91 Å². The van der Waals surface area contributed by atoms with E-state index in [4.69, 9.17) is 28.7 Å². The lowest BCUT2D eigenvalue weighted by Gasteiger charge is -2.16. The third kappa shape index (κ3) is 10.4. The molecule has 0 radical (unpaired) electrons. The maximum absolute atomic E-state index is 11.8. The summed E-state index contributed by atoms with van der Waals surface area (Å²) in [6.45, 7) is 0.798. The largest absolute Gasteiger partial charge is 0.370 e. The van der Waals surface area contributed by atoms with E-state index in [0.717, 1.165) is 0 Å². The van der Waals surface area contributed by atoms with Crippen LogP contribution in [-0.2, 0) is 9.59 Å². The van der Waals surface area contributed by atoms with Crippen molar-refractivity contribution in [3.8, 4) is 0 Å². The second-order valence-electron chi connectivity index (χ2n) is 4.76. The zero-order valence-electron chi connectivity index (χ0n) is 12.6. The molecule has 0 saturated carbocycles. The zero-order valence-corrected chi connectivity index (χ0v) is 12.6. The van der Waals surface area contributed by atoms with Crippen LogP contribution in [0.2, 0.25) is 0 Å². The van der Waals surface area contributed by atoms with Crippen LogP contribution in [0.4, 0.5) is 0 Å². The molecule has 0 fully saturated rings. The highest BCUT2D eigenvalue weighted by Gasteiger charge is 2.17. The van der Waals surface area contributed by atoms with Crippen molar-refractivity contribution < 1.29 is 9.59 Å². The minimum atomic E-state index is -0.714. The fourth-order valence-electron chi connectivity index (χ4n) is 1.63. The molecule has 1 amide bonds. The number of carbonyl (C=O) groups is 2. The van der Waals surface area contributed by atoms with Crippen LogP contribution in [0.5, 0.6) is 0 Å². The van der Waals surface area contributed by atoms with Gasteiger partial charge in [-0.1, -0.05) is 0 Å². The predicted molar refractivity (Wildman–Crippen MR) is 85.8 cm³/mol. The van der Waals surface area contributed by atoms with Crippen molar-refractivity contribution in [2.24, 2.45) is 38.7 Å². The average Bonchev–Trinajstić information content (AvgIpc) is 2.45. The Bertz CT molecular complexity index is 402. The Morgan fingerprint density at radius 1 is 1.00 bits per heavy atom. The van der Waals surface area contributed by atoms with E-state index in [-0.39, 0.29) is 17.8 Å². The second kappa shape index (κ2) is 11.3. The molecule has 126 valence electrons. The van der Waals surface area contributed by atoms with Gasteiger partial charge in [0.15, 0.2) is 11.9 Å². The Morgan fingerprint density at radius 3 is 1.95 bits per heavy atom. The summed E-state index contributed by atoms with van der Waals surface area (Å²) in [6.07, 6.45) is 2.67. The summed E-state index contributed by atoms with van der Waals surface area (Å²) >= 11 is 0. The molecule has 2 atom stereocenters. The predicted octanol–water partition coefficient (Wildman–Crippen LogP) is -2.90. The Balaban J connectivity index is 4.05. The van der Waals surface area contributed by atoms with Crippen LogP contribution in [0.15, 0.2) is 9.98 Å². The minimum absolute atomic E-state index is 0.000169. The van der Waals surface area contributed by atoms with E-state index >= 15 is 0 Å². The van der Waals surface area contributed by atoms with E-state index in [1.807, 2.05) is 0 Å². The van der Waals surface area contributed by atoms with Gasteiger partial charge in [-0.3, -0.25) is 14.8 Å². The van der Waals surface area contributed by atoms with Crippen LogP contribution in [-0.4, -0.2) is 49.3 Å². The summed E-state index contributed by atoms with van der Waals surface area (Å²) in [7, 11) is 0. The van der Waals surface area contributed by atoms with Crippen molar-refractivity contribution in [2.75, 3.05) is 13.1 Å². The quantitative estimate of drug-likeness (QED) is 0.101. The standard InChI is InChI=1S/C12H26N8O2/c13-9(4-2-6-19-12(16)17)10(22)20-8(7-21)3-1-5-18-11(14)15/h7-9H,1-6,13H2,(H,20,22)(H4,14,15,18)(H4,16,17,19)/t8-,9+/m0/s1. The Morgan fingerprint density at radius 2 is 1.50 bits per heavy atom. The number of aliphatic imine (C=N–C) groups is 2. The molecular weight excluding hydrogens is 288 g/mol. The molecule has 11 N–H and O–H groups in total. The molecule has 0 bridgehead atoms. The zero-order chi connectivity index (χ0) is 17.0. The summed E-state index contributed by atoms with van der Waals surface area (Å²) in [5, 5.41) is 2.58. The van der Waals surface area contributed by atoms with Crippen molar-refractivity contribution in [3.05, 3.63) is 0 Å². The maximum atomic E-state index is 11.8. The molecule has 0 aliphatic carbocycles. The van der Waals surface area contributed by atoms with E-state index in [9.17, 15) is 9.59 Å². The van der Waals surface area contributed by atoms with Crippen LogP contribution in [0.3, 0.4) is 0 Å². The number of nitrogens with one attached hydrogen (secondary N) is 1. The van der Waals surface area contributed by atoms with E-state index in [1.54, 1.807) is 0 Å². The molecular formula is C12H26N8O2. The molecule has 10 heteroatoms. The summed E-state index contributed by atoms with van der Waals surface area (Å²) in [5.74, 6) is -0.391. The summed E-state index contributed by atoms with van der Waals surface area (Å²) in [6, 6.07) is -1.32. The molecule has 0 aromatic carbocycles. The third-order valence-electron chi connectivity index (χ3n) is 2.76. The Labute approximate surface area is 129 Å². The van der Waals surface area contributed by atoms with Crippen molar-refractivity contribution in [2.45, 2.75) is 37.8 Å². The number of rotatable bonds is 11. The maximum Gasteiger partial charge on any atom is 0.237 e. The van der Waals surface area contributed by atoms with Crippen molar-refractivity contribution in [3.63, 3.8) is 0 Å². The summed E-state index contributed by atoms with van der Waals surface area (Å²) < 4.78 is 0. The molecule has 0 rings (SSSR count). The van der Waals surface area contributed by atoms with Gasteiger partial charge in [-0.15, -0.1) is 0 Å². The van der Waals surface area contributed by atoms with Gasteiger partial charge in [-0.05, 0) is 25.7 Å². The van der Waals surface area contributed by atoms with Crippen molar-refractivity contribution in [1.29, 1.82) is 0 Å². The first-order chi connectivity index (χ1) is 10.4. The first-order valence-electron chi connectivity index (χ1n) is 6.98. The van der Waals surface area contributed by atoms with E-state index in [0.29, 0.717) is 45.1 Å². The first-order valence-corrected chi connectivity index (χ1v) is 6.98. The fraction of sp³-hybridized carbons (Fsp3) is 0.667. The number of hydrogen-bond donors (Lipinski definition) is 6. The topological polar surface area (TPSA) is 201 Å². The lowest BCUT2D eigenvalue weighted by Crippen LogP contribution is -2.46. The van der Waals surface area contributed by atoms with Crippen molar-refractivity contribution >= 4 is 24.1 Å². The van der Waals surface area contributed by atoms with Crippen molar-refractivity contribution in [1.82, 2.24) is 5.32 Å². The SMILES string of the molecule is NC(N)=NCCC[C@@H](C=O)NC(=O)[C@H](N)CCCN=C(N)N. The van der Waals surface area contributed by atoms with Gasteiger partial charge in [0.05, 0.1) is 12.1 Å². The fourth-order valence-corrected chi connectivity index (χ4v) is 1.63. The number of amides is 1. The molecule has 0 unspecified atom stereocenters. The van der Waals surface area contributed by atoms with E-state index < -0.39 is 12.1 Å². The molecule has 0 aliphatic heterocycles. The van der Waals surface area contributed by atoms with Crippen LogP contribution < -0.4 is 34.0 Å². The summed E-state index contributed by atoms with van der Waals surface area (Å²) in [5.41, 5.74) is 26.5. The highest BCUT2D eigenvalue weighted by molar-refractivity contribution is 5.84. The lowest BCUT2D eigenvalue weighted by atomic mass is 10.1. The first kappa shape index (κ1) is 19.6. The number of aldehydes is 1. The highest BCUT2D eigenvalue weighted by atomic mass is 16.2. The van der Waals surface area contributed by atoms with Gasteiger partial charge in [-0.25, -0.2) is 0 Å². The number of nitrogens with two attached hydrogens (primary N) is 5. The third-order valence-corrected chi connectivity index (χ3v) is 2.76. The number of carbonyl (C=O) groups excluding carboxylic acids is 2. The van der Waals surface area contributed by atoms with Gasteiger partial charge in [0.25, 0.3) is 0 Å². The van der Waals surface area contributed by atoms with Crippen LogP contribution in [0.1, 0.15) is 25.7 Å². The molecule has 0 aliphatic rings. The molecule has 10 nitrogen and oxygen atoms in total. The number of nitrogens with zero attached hydrogens (tertiary/aromatic N) is 2. The van der Waals surface area contributed by atoms with Gasteiger partial charge in [-0.2, -0.15) is 0 Å². The second-order valence-corrected chi connectivity index (χ2v) is 4.76. The molecule has 0 aromatic heterocycles. The normalized spacial score (nSPS) is 12.8. The van der Waals surface area contributed by atoms with Gasteiger partial charge < -0.3 is 38.8 Å².